The van der Waals surface area contributed by atoms with Crippen LogP contribution in [0, 0.1) is 0 Å². The van der Waals surface area contributed by atoms with Gasteiger partial charge in [0.1, 0.15) is 11.5 Å². The van der Waals surface area contributed by atoms with Crippen molar-refractivity contribution < 1.29 is 4.74 Å². The van der Waals surface area contributed by atoms with E-state index in [4.69, 9.17) is 14.7 Å². The van der Waals surface area contributed by atoms with Crippen molar-refractivity contribution in [2.24, 2.45) is 0 Å². The summed E-state index contributed by atoms with van der Waals surface area (Å²) in [4.78, 5) is 9.97. The fraction of sp³-hybridized carbons (Fsp3) is 0. The number of rotatable bonds is 4. The van der Waals surface area contributed by atoms with E-state index in [1.807, 2.05) is 30.6 Å². The van der Waals surface area contributed by atoms with E-state index in [9.17, 15) is 0 Å². The smallest absolute Gasteiger partial charge is 0.136 e. The number of pyridine rings is 2. The molecule has 0 unspecified atom stereocenters. The fourth-order valence-electron chi connectivity index (χ4n) is 9.46. The third-order valence-corrected chi connectivity index (χ3v) is 12.2. The molecule has 3 nitrogen and oxygen atoms in total. The van der Waals surface area contributed by atoms with Crippen LogP contribution >= 0.6 is 0 Å². The molecule has 0 radical (unpaired) electrons. The molecule has 0 spiro atoms. The van der Waals surface area contributed by atoms with Crippen LogP contribution in [0.1, 0.15) is 0 Å². The normalized spacial score (nSPS) is 11.6. The van der Waals surface area contributed by atoms with Gasteiger partial charge in [-0.3, -0.25) is 9.97 Å². The number of aromatic nitrogens is 2. The predicted molar refractivity (Wildman–Crippen MR) is 250 cm³/mol. The number of hydrogen-bond donors (Lipinski definition) is 0. The molecule has 3 heteroatoms. The Kier molecular flexibility index (Phi) is 8.17. The molecular weight excluding hydrogens is 741 g/mol. The van der Waals surface area contributed by atoms with Crippen molar-refractivity contribution >= 4 is 0 Å². The minimum absolute atomic E-state index is 0.722. The third kappa shape index (κ3) is 5.82. The van der Waals surface area contributed by atoms with E-state index >= 15 is 0 Å². The fourth-order valence-corrected chi connectivity index (χ4v) is 9.46. The molecule has 0 amide bonds. The number of hydrogen-bond acceptors (Lipinski definition) is 3. The molecule has 0 N–H and O–H groups in total. The molecule has 2 aliphatic carbocycles. The Morgan fingerprint density at radius 2 is 0.738 bits per heavy atom. The van der Waals surface area contributed by atoms with Gasteiger partial charge in [-0.05, 0) is 120 Å². The molecule has 0 saturated carbocycles. The Hall–Kier alpha value is -8.14. The molecule has 2 aliphatic rings. The summed E-state index contributed by atoms with van der Waals surface area (Å²) in [6, 6.07) is 73.3. The Balaban J connectivity index is 1.04. The first-order valence-corrected chi connectivity index (χ1v) is 20.7. The van der Waals surface area contributed by atoms with E-state index < -0.39 is 0 Å². The summed E-state index contributed by atoms with van der Waals surface area (Å²) in [5, 5.41) is 0. The second-order valence-corrected chi connectivity index (χ2v) is 15.6. The number of ether oxygens (including phenoxy) is 1. The van der Waals surface area contributed by atoms with E-state index in [0.29, 0.717) is 0 Å². The van der Waals surface area contributed by atoms with Gasteiger partial charge in [0.2, 0.25) is 0 Å². The van der Waals surface area contributed by atoms with Gasteiger partial charge in [0.15, 0.2) is 0 Å². The zero-order valence-electron chi connectivity index (χ0n) is 33.1. The maximum Gasteiger partial charge on any atom is 0.136 e. The lowest BCUT2D eigenvalue weighted by atomic mass is 9.80. The second-order valence-electron chi connectivity index (χ2n) is 15.6. The lowest BCUT2D eigenvalue weighted by Crippen LogP contribution is -2.00. The second kappa shape index (κ2) is 14.3. The molecule has 0 fully saturated rings. The Morgan fingerprint density at radius 1 is 0.279 bits per heavy atom. The lowest BCUT2D eigenvalue weighted by molar-refractivity contribution is 0.485. The van der Waals surface area contributed by atoms with Crippen molar-refractivity contribution in [3.8, 4) is 123 Å². The molecule has 61 heavy (non-hydrogen) atoms. The minimum atomic E-state index is 0.722. The molecular formula is C58H36N2O. The Morgan fingerprint density at radius 3 is 1.26 bits per heavy atom. The molecule has 0 saturated heterocycles. The van der Waals surface area contributed by atoms with Gasteiger partial charge < -0.3 is 4.74 Å². The maximum atomic E-state index is 7.19. The van der Waals surface area contributed by atoms with Gasteiger partial charge in [-0.15, -0.1) is 0 Å². The molecule has 0 bridgehead atoms. The molecule has 0 aliphatic heterocycles. The number of benzene rings is 8. The molecule has 12 rings (SSSR count). The summed E-state index contributed by atoms with van der Waals surface area (Å²) in [5.74, 6) is 1.48. The summed E-state index contributed by atoms with van der Waals surface area (Å²) in [6.45, 7) is 0. The van der Waals surface area contributed by atoms with E-state index in [-0.39, 0.29) is 0 Å². The van der Waals surface area contributed by atoms with Crippen LogP contribution in [-0.4, -0.2) is 9.97 Å². The van der Waals surface area contributed by atoms with Crippen LogP contribution in [0.15, 0.2) is 219 Å². The van der Waals surface area contributed by atoms with Crippen LogP contribution in [0.25, 0.3) is 112 Å². The average Bonchev–Trinajstić information content (AvgIpc) is 3.33. The van der Waals surface area contributed by atoms with Gasteiger partial charge in [-0.25, -0.2) is 0 Å². The van der Waals surface area contributed by atoms with Gasteiger partial charge in [-0.1, -0.05) is 164 Å². The topological polar surface area (TPSA) is 35.0 Å². The first-order chi connectivity index (χ1) is 30.3. The number of fused-ring (bicyclic) bond motifs is 16. The third-order valence-electron chi connectivity index (χ3n) is 12.2. The Labute approximate surface area is 354 Å². The first-order valence-electron chi connectivity index (χ1n) is 20.7. The van der Waals surface area contributed by atoms with Crippen molar-refractivity contribution in [1.29, 1.82) is 0 Å². The molecule has 8 aromatic carbocycles. The van der Waals surface area contributed by atoms with Crippen molar-refractivity contribution in [3.05, 3.63) is 219 Å². The van der Waals surface area contributed by atoms with Crippen LogP contribution < -0.4 is 4.74 Å². The first kappa shape index (κ1) is 34.9. The summed E-state index contributed by atoms with van der Waals surface area (Å²) in [6.07, 6.45) is 3.90. The van der Waals surface area contributed by atoms with Crippen molar-refractivity contribution in [2.45, 2.75) is 0 Å². The molecule has 10 aromatic rings. The zero-order chi connectivity index (χ0) is 40.3. The van der Waals surface area contributed by atoms with Gasteiger partial charge in [-0.2, -0.15) is 0 Å². The highest BCUT2D eigenvalue weighted by Crippen LogP contribution is 2.53. The van der Waals surface area contributed by atoms with E-state index in [0.717, 1.165) is 73.0 Å². The van der Waals surface area contributed by atoms with Crippen molar-refractivity contribution in [3.63, 3.8) is 0 Å². The highest BCUT2D eigenvalue weighted by Gasteiger charge is 2.27. The molecule has 2 heterocycles. The van der Waals surface area contributed by atoms with Crippen molar-refractivity contribution in [2.75, 3.05) is 0 Å². The minimum Gasteiger partial charge on any atom is -0.457 e. The molecule has 284 valence electrons. The quantitative estimate of drug-likeness (QED) is 0.179. The number of nitrogens with zero attached hydrogens (tertiary/aromatic N) is 2. The van der Waals surface area contributed by atoms with E-state index in [2.05, 4.69) is 188 Å². The standard InChI is InChI=1S/C58H36N2O/c1-2-19-41-40(18-1)44-22-5-8-26-48(44)52-35-56(60-36-54(52)50-28-10-7-24-46(41)50)37-16-15-17-39(32-37)61-57-34-38(55-30-13-14-31-59-55)33-53-49-27-9-6-23-45(49)42-20-3-4-21-43(42)47-25-11-12-29-51(47)58(53)57/h1-36H. The van der Waals surface area contributed by atoms with E-state index in [1.165, 1.54) is 50.1 Å². The van der Waals surface area contributed by atoms with Crippen LogP contribution in [0.5, 0.6) is 11.5 Å². The summed E-state index contributed by atoms with van der Waals surface area (Å²) < 4.78 is 7.19. The van der Waals surface area contributed by atoms with Gasteiger partial charge >= 0.3 is 0 Å². The van der Waals surface area contributed by atoms with Crippen LogP contribution in [0.3, 0.4) is 0 Å². The van der Waals surface area contributed by atoms with Gasteiger partial charge in [0.25, 0.3) is 0 Å². The lowest BCUT2D eigenvalue weighted by Gasteiger charge is -2.25. The molecule has 0 atom stereocenters. The zero-order valence-corrected chi connectivity index (χ0v) is 33.1. The van der Waals surface area contributed by atoms with Crippen molar-refractivity contribution in [1.82, 2.24) is 9.97 Å². The summed E-state index contributed by atoms with van der Waals surface area (Å²) >= 11 is 0. The largest absolute Gasteiger partial charge is 0.457 e. The van der Waals surface area contributed by atoms with Gasteiger partial charge in [0.05, 0.1) is 11.4 Å². The van der Waals surface area contributed by atoms with Crippen LogP contribution in [0.2, 0.25) is 0 Å². The van der Waals surface area contributed by atoms with Gasteiger partial charge in [0, 0.05) is 34.6 Å². The predicted octanol–water partition coefficient (Wildman–Crippen LogP) is 15.6. The highest BCUT2D eigenvalue weighted by molar-refractivity contribution is 6.06. The maximum absolute atomic E-state index is 7.19. The SMILES string of the molecule is c1ccc(-c2cc(Oc3cccc(-c4cc5c(cn4)-c4ccccc4-c4ccccc4-c4ccccc4-5)c3)c3c(c2)-c2ccccc2-c2ccccc2-c2ccccc2-3)nc1. The van der Waals surface area contributed by atoms with E-state index in [1.54, 1.807) is 0 Å². The average molecular weight is 777 g/mol. The summed E-state index contributed by atoms with van der Waals surface area (Å²) in [5.41, 5.74) is 22.3. The Bertz CT molecular complexity index is 3340. The highest BCUT2D eigenvalue weighted by atomic mass is 16.5. The van der Waals surface area contributed by atoms with Crippen LogP contribution in [-0.2, 0) is 0 Å². The summed E-state index contributed by atoms with van der Waals surface area (Å²) in [7, 11) is 0. The van der Waals surface area contributed by atoms with Crippen LogP contribution in [0.4, 0.5) is 0 Å². The molecule has 2 aromatic heterocycles. The monoisotopic (exact) mass is 776 g/mol.